The number of rotatable bonds is 8. The average Bonchev–Trinajstić information content (AvgIpc) is 2.86. The lowest BCUT2D eigenvalue weighted by Crippen LogP contribution is -2.18. The van der Waals surface area contributed by atoms with Gasteiger partial charge >= 0.3 is 0 Å². The molecule has 0 aromatic rings. The molecular formula is C16H32O. The second kappa shape index (κ2) is 8.13. The Balaban J connectivity index is 2.15. The molecule has 0 aliphatic carbocycles. The lowest BCUT2D eigenvalue weighted by molar-refractivity contribution is 0.0629. The highest BCUT2D eigenvalue weighted by molar-refractivity contribution is 4.73. The normalized spacial score (nSPS) is 25.8. The van der Waals surface area contributed by atoms with Crippen LogP contribution in [0.5, 0.6) is 0 Å². The molecule has 1 heteroatoms. The second-order valence-corrected chi connectivity index (χ2v) is 6.20. The van der Waals surface area contributed by atoms with E-state index >= 15 is 0 Å². The summed E-state index contributed by atoms with van der Waals surface area (Å²) in [5.41, 5.74) is 0. The van der Waals surface area contributed by atoms with E-state index in [1.54, 1.807) is 0 Å². The molecule has 1 heterocycles. The molecule has 17 heavy (non-hydrogen) atoms. The zero-order valence-electron chi connectivity index (χ0n) is 12.4. The monoisotopic (exact) mass is 240 g/mol. The van der Waals surface area contributed by atoms with E-state index in [-0.39, 0.29) is 0 Å². The van der Waals surface area contributed by atoms with E-state index in [1.165, 1.54) is 44.9 Å². The third kappa shape index (κ3) is 5.42. The van der Waals surface area contributed by atoms with Gasteiger partial charge in [0.15, 0.2) is 0 Å². The second-order valence-electron chi connectivity index (χ2n) is 6.20. The Kier molecular flexibility index (Phi) is 7.18. The molecule has 1 rings (SSSR count). The standard InChI is InChI=1S/C16H32O/c1-5-6-8-13(2)14(3)10-11-15(4)16-9-7-12-17-16/h13-16H,5-12H2,1-4H3. The van der Waals surface area contributed by atoms with Gasteiger partial charge < -0.3 is 4.74 Å². The van der Waals surface area contributed by atoms with Crippen LogP contribution in [0.3, 0.4) is 0 Å². The maximum absolute atomic E-state index is 5.77. The molecule has 1 nitrogen and oxygen atoms in total. The highest BCUT2D eigenvalue weighted by Crippen LogP contribution is 2.28. The minimum Gasteiger partial charge on any atom is -0.378 e. The first kappa shape index (κ1) is 15.0. The van der Waals surface area contributed by atoms with E-state index in [4.69, 9.17) is 4.74 Å². The fraction of sp³-hybridized carbons (Fsp3) is 1.00. The third-order valence-corrected chi connectivity index (χ3v) is 4.66. The van der Waals surface area contributed by atoms with Crippen LogP contribution < -0.4 is 0 Å². The van der Waals surface area contributed by atoms with Gasteiger partial charge in [-0.3, -0.25) is 0 Å². The van der Waals surface area contributed by atoms with Gasteiger partial charge in [-0.25, -0.2) is 0 Å². The third-order valence-electron chi connectivity index (χ3n) is 4.66. The van der Waals surface area contributed by atoms with Crippen LogP contribution in [0.4, 0.5) is 0 Å². The Labute approximate surface area is 108 Å². The Morgan fingerprint density at radius 3 is 2.35 bits per heavy atom. The Hall–Kier alpha value is -0.0400. The molecule has 1 saturated heterocycles. The number of hydrogen-bond donors (Lipinski definition) is 0. The molecule has 0 bridgehead atoms. The van der Waals surface area contributed by atoms with Gasteiger partial charge in [-0.15, -0.1) is 0 Å². The van der Waals surface area contributed by atoms with Crippen molar-refractivity contribution >= 4 is 0 Å². The van der Waals surface area contributed by atoms with Crippen LogP contribution >= 0.6 is 0 Å². The molecule has 4 atom stereocenters. The van der Waals surface area contributed by atoms with Gasteiger partial charge in [0.2, 0.25) is 0 Å². The molecule has 1 aliphatic heterocycles. The molecule has 1 aliphatic rings. The van der Waals surface area contributed by atoms with Crippen LogP contribution in [0.15, 0.2) is 0 Å². The highest BCUT2D eigenvalue weighted by Gasteiger charge is 2.23. The van der Waals surface area contributed by atoms with E-state index in [2.05, 4.69) is 27.7 Å². The van der Waals surface area contributed by atoms with Crippen molar-refractivity contribution in [3.05, 3.63) is 0 Å². The molecule has 0 aromatic heterocycles. The van der Waals surface area contributed by atoms with E-state index in [0.717, 1.165) is 24.4 Å². The van der Waals surface area contributed by atoms with Crippen molar-refractivity contribution in [3.63, 3.8) is 0 Å². The summed E-state index contributed by atoms with van der Waals surface area (Å²) in [5.74, 6) is 2.54. The van der Waals surface area contributed by atoms with Gasteiger partial charge in [0.1, 0.15) is 0 Å². The predicted molar refractivity (Wildman–Crippen MR) is 75.2 cm³/mol. The molecule has 102 valence electrons. The van der Waals surface area contributed by atoms with Gasteiger partial charge in [-0.05, 0) is 37.0 Å². The lowest BCUT2D eigenvalue weighted by Gasteiger charge is -2.23. The van der Waals surface area contributed by atoms with Crippen LogP contribution in [-0.2, 0) is 4.74 Å². The van der Waals surface area contributed by atoms with Gasteiger partial charge in [0, 0.05) is 6.61 Å². The molecular weight excluding hydrogens is 208 g/mol. The van der Waals surface area contributed by atoms with Crippen molar-refractivity contribution in [1.29, 1.82) is 0 Å². The minimum atomic E-state index is 0.563. The van der Waals surface area contributed by atoms with E-state index in [0.29, 0.717) is 6.10 Å². The van der Waals surface area contributed by atoms with Gasteiger partial charge in [0.05, 0.1) is 6.10 Å². The molecule has 1 fully saturated rings. The summed E-state index contributed by atoms with van der Waals surface area (Å²) in [7, 11) is 0. The van der Waals surface area contributed by atoms with Crippen LogP contribution in [-0.4, -0.2) is 12.7 Å². The number of unbranched alkanes of at least 4 members (excludes halogenated alkanes) is 1. The predicted octanol–water partition coefficient (Wildman–Crippen LogP) is 5.04. The van der Waals surface area contributed by atoms with Crippen LogP contribution in [0.1, 0.15) is 72.6 Å². The molecule has 4 unspecified atom stereocenters. The molecule has 0 aromatic carbocycles. The highest BCUT2D eigenvalue weighted by atomic mass is 16.5. The fourth-order valence-electron chi connectivity index (χ4n) is 2.86. The van der Waals surface area contributed by atoms with Crippen molar-refractivity contribution < 1.29 is 4.74 Å². The maximum Gasteiger partial charge on any atom is 0.0601 e. The van der Waals surface area contributed by atoms with Gasteiger partial charge in [-0.1, -0.05) is 53.4 Å². The number of ether oxygens (including phenoxy) is 1. The molecule has 0 spiro atoms. The van der Waals surface area contributed by atoms with E-state index in [9.17, 15) is 0 Å². The van der Waals surface area contributed by atoms with Crippen molar-refractivity contribution in [3.8, 4) is 0 Å². The van der Waals surface area contributed by atoms with Gasteiger partial charge in [-0.2, -0.15) is 0 Å². The largest absolute Gasteiger partial charge is 0.378 e. The van der Waals surface area contributed by atoms with Gasteiger partial charge in [0.25, 0.3) is 0 Å². The van der Waals surface area contributed by atoms with Crippen molar-refractivity contribution in [2.45, 2.75) is 78.7 Å². The molecule has 0 saturated carbocycles. The molecule has 0 amide bonds. The zero-order valence-corrected chi connectivity index (χ0v) is 12.4. The first-order chi connectivity index (χ1) is 8.15. The summed E-state index contributed by atoms with van der Waals surface area (Å²) in [6, 6.07) is 0. The molecule has 0 N–H and O–H groups in total. The van der Waals surface area contributed by atoms with Crippen molar-refractivity contribution in [1.82, 2.24) is 0 Å². The van der Waals surface area contributed by atoms with Crippen LogP contribution in [0.25, 0.3) is 0 Å². The number of hydrogen-bond acceptors (Lipinski definition) is 1. The minimum absolute atomic E-state index is 0.563. The van der Waals surface area contributed by atoms with Crippen molar-refractivity contribution in [2.75, 3.05) is 6.61 Å². The summed E-state index contributed by atoms with van der Waals surface area (Å²) in [5, 5.41) is 0. The summed E-state index contributed by atoms with van der Waals surface area (Å²) in [6.07, 6.45) is 10.0. The van der Waals surface area contributed by atoms with E-state index < -0.39 is 0 Å². The van der Waals surface area contributed by atoms with Crippen LogP contribution in [0, 0.1) is 17.8 Å². The van der Waals surface area contributed by atoms with Crippen molar-refractivity contribution in [2.24, 2.45) is 17.8 Å². The quantitative estimate of drug-likeness (QED) is 0.577. The van der Waals surface area contributed by atoms with E-state index in [1.807, 2.05) is 0 Å². The first-order valence-electron chi connectivity index (χ1n) is 7.76. The SMILES string of the molecule is CCCCC(C)C(C)CCC(C)C1CCCO1. The Morgan fingerprint density at radius 2 is 1.76 bits per heavy atom. The summed E-state index contributed by atoms with van der Waals surface area (Å²) in [4.78, 5) is 0. The Bertz CT molecular complexity index is 184. The maximum atomic E-state index is 5.77. The van der Waals surface area contributed by atoms with Crippen LogP contribution in [0.2, 0.25) is 0 Å². The summed E-state index contributed by atoms with van der Waals surface area (Å²) in [6.45, 7) is 10.5. The average molecular weight is 240 g/mol. The molecule has 0 radical (unpaired) electrons. The topological polar surface area (TPSA) is 9.23 Å². The first-order valence-corrected chi connectivity index (χ1v) is 7.76. The smallest absolute Gasteiger partial charge is 0.0601 e. The fourth-order valence-corrected chi connectivity index (χ4v) is 2.86. The Morgan fingerprint density at radius 1 is 1.06 bits per heavy atom. The zero-order chi connectivity index (χ0) is 12.7. The summed E-state index contributed by atoms with van der Waals surface area (Å²) >= 11 is 0. The lowest BCUT2D eigenvalue weighted by atomic mass is 9.84. The summed E-state index contributed by atoms with van der Waals surface area (Å²) < 4.78 is 5.77.